The van der Waals surface area contributed by atoms with Crippen molar-refractivity contribution in [1.29, 1.82) is 0 Å². The molecule has 2 heteroatoms. The molecule has 0 unspecified atom stereocenters. The first kappa shape index (κ1) is 23.0. The summed E-state index contributed by atoms with van der Waals surface area (Å²) in [7, 11) is 0. The molecule has 1 aliphatic heterocycles. The van der Waals surface area contributed by atoms with Gasteiger partial charge in [-0.25, -0.2) is 4.42 Å². The molecule has 0 bridgehead atoms. The summed E-state index contributed by atoms with van der Waals surface area (Å²) < 4.78 is 6.40. The molecular weight excluding hydrogens is 468 g/mol. The third kappa shape index (κ3) is 5.40. The van der Waals surface area contributed by atoms with E-state index >= 15 is 0 Å². The molecule has 176 valence electrons. The van der Waals surface area contributed by atoms with Crippen molar-refractivity contribution in [2.24, 2.45) is 0 Å². The van der Waals surface area contributed by atoms with Gasteiger partial charge in [0.2, 0.25) is 0 Å². The zero-order valence-corrected chi connectivity index (χ0v) is 21.1. The van der Waals surface area contributed by atoms with Crippen LogP contribution in [0.3, 0.4) is 0 Å². The molecule has 0 N–H and O–H groups in total. The van der Waals surface area contributed by atoms with Gasteiger partial charge in [0, 0.05) is 9.81 Å². The predicted octanol–water partition coefficient (Wildman–Crippen LogP) is 10.1. The number of allylic oxidation sites excluding steroid dienone is 3. The Morgan fingerprint density at radius 2 is 0.946 bits per heavy atom. The lowest BCUT2D eigenvalue weighted by Crippen LogP contribution is -1.92. The molecule has 1 nitrogen and oxygen atoms in total. The van der Waals surface area contributed by atoms with Crippen molar-refractivity contribution in [3.63, 3.8) is 0 Å². The Morgan fingerprint density at radius 3 is 1.46 bits per heavy atom. The predicted molar refractivity (Wildman–Crippen MR) is 158 cm³/mol. The maximum absolute atomic E-state index is 6.40. The van der Waals surface area contributed by atoms with Crippen LogP contribution in [0.15, 0.2) is 155 Å². The molecule has 4 aromatic carbocycles. The Balaban J connectivity index is 1.47. The van der Waals surface area contributed by atoms with Crippen molar-refractivity contribution in [3.05, 3.63) is 167 Å². The van der Waals surface area contributed by atoms with E-state index in [9.17, 15) is 0 Å². The minimum absolute atomic E-state index is 0.848. The number of rotatable bonds is 5. The second-order valence-corrected chi connectivity index (χ2v) is 9.96. The average molecular weight is 494 g/mol. The van der Waals surface area contributed by atoms with E-state index in [1.165, 1.54) is 26.5 Å². The van der Waals surface area contributed by atoms with Crippen LogP contribution in [0, 0.1) is 0 Å². The fourth-order valence-electron chi connectivity index (χ4n) is 4.39. The first-order chi connectivity index (χ1) is 18.3. The normalized spacial score (nSPS) is 14.2. The van der Waals surface area contributed by atoms with Crippen LogP contribution in [0.2, 0.25) is 0 Å². The molecular formula is C35H25OS+. The topological polar surface area (TPSA) is 11.3 Å². The van der Waals surface area contributed by atoms with E-state index < -0.39 is 0 Å². The first-order valence-electron chi connectivity index (χ1n) is 12.3. The third-order valence-electron chi connectivity index (χ3n) is 6.22. The zero-order chi connectivity index (χ0) is 24.9. The van der Waals surface area contributed by atoms with Gasteiger partial charge >= 0.3 is 11.5 Å². The summed E-state index contributed by atoms with van der Waals surface area (Å²) in [4.78, 5) is 2.42. The highest BCUT2D eigenvalue weighted by Gasteiger charge is 2.20. The molecule has 0 radical (unpaired) electrons. The second-order valence-electron chi connectivity index (χ2n) is 8.84. The van der Waals surface area contributed by atoms with Crippen molar-refractivity contribution < 1.29 is 4.42 Å². The molecule has 0 amide bonds. The van der Waals surface area contributed by atoms with Crippen molar-refractivity contribution >= 4 is 28.3 Å². The van der Waals surface area contributed by atoms with Gasteiger partial charge in [-0.15, -0.1) is 0 Å². The fraction of sp³-hybridized carbons (Fsp3) is 0. The highest BCUT2D eigenvalue weighted by Crippen LogP contribution is 2.43. The van der Waals surface area contributed by atoms with Gasteiger partial charge < -0.3 is 0 Å². The van der Waals surface area contributed by atoms with Gasteiger partial charge in [-0.2, -0.15) is 0 Å². The Morgan fingerprint density at radius 1 is 0.486 bits per heavy atom. The molecule has 5 aromatic rings. The molecule has 1 aromatic heterocycles. The number of hydrogen-bond acceptors (Lipinski definition) is 1. The molecule has 0 aliphatic carbocycles. The van der Waals surface area contributed by atoms with Crippen LogP contribution in [0.25, 0.3) is 39.2 Å². The molecule has 0 saturated heterocycles. The minimum Gasteiger partial charge on any atom is -0.207 e. The lowest BCUT2D eigenvalue weighted by atomic mass is 10.0. The molecule has 1 aliphatic rings. The largest absolute Gasteiger partial charge is 0.361 e. The summed E-state index contributed by atoms with van der Waals surface area (Å²) in [5.41, 5.74) is 6.85. The van der Waals surface area contributed by atoms with Crippen LogP contribution in [-0.2, 0) is 0 Å². The Bertz CT molecular complexity index is 1540. The molecule has 2 heterocycles. The summed E-state index contributed by atoms with van der Waals surface area (Å²) in [5, 5.41) is 0. The summed E-state index contributed by atoms with van der Waals surface area (Å²) in [6.07, 6.45) is 6.83. The third-order valence-corrected chi connectivity index (χ3v) is 7.26. The first-order valence-corrected chi connectivity index (χ1v) is 13.2. The SMILES string of the molecule is C1=C(c2ccccc2)C=C(c2ccccc2)S/C1=C/c1cc(-c2ccccc2)[o+]c(-c2ccccc2)c1. The Kier molecular flexibility index (Phi) is 6.66. The summed E-state index contributed by atoms with van der Waals surface area (Å²) >= 11 is 1.80. The molecule has 6 rings (SSSR count). The maximum atomic E-state index is 6.40. The number of benzene rings is 4. The second kappa shape index (κ2) is 10.7. The van der Waals surface area contributed by atoms with Gasteiger partial charge in [0.05, 0.1) is 23.3 Å². The van der Waals surface area contributed by atoms with Crippen molar-refractivity contribution in [1.82, 2.24) is 0 Å². The summed E-state index contributed by atoms with van der Waals surface area (Å²) in [6, 6.07) is 46.0. The van der Waals surface area contributed by atoms with Gasteiger partial charge in [0.1, 0.15) is 0 Å². The number of thioether (sulfide) groups is 1. The summed E-state index contributed by atoms with van der Waals surface area (Å²) in [5.74, 6) is 1.70. The monoisotopic (exact) mass is 493 g/mol. The highest BCUT2D eigenvalue weighted by molar-refractivity contribution is 8.12. The lowest BCUT2D eigenvalue weighted by Gasteiger charge is -2.17. The minimum atomic E-state index is 0.848. The number of hydrogen-bond donors (Lipinski definition) is 0. The quantitative estimate of drug-likeness (QED) is 0.226. The highest BCUT2D eigenvalue weighted by atomic mass is 32.2. The van der Waals surface area contributed by atoms with Crippen molar-refractivity contribution in [2.75, 3.05) is 0 Å². The van der Waals surface area contributed by atoms with E-state index in [2.05, 4.69) is 115 Å². The van der Waals surface area contributed by atoms with Crippen molar-refractivity contribution in [3.8, 4) is 22.6 Å². The van der Waals surface area contributed by atoms with Crippen LogP contribution in [0.4, 0.5) is 0 Å². The van der Waals surface area contributed by atoms with E-state index in [-0.39, 0.29) is 0 Å². The van der Waals surface area contributed by atoms with E-state index in [0.717, 1.165) is 28.2 Å². The zero-order valence-electron chi connectivity index (χ0n) is 20.3. The maximum Gasteiger partial charge on any atom is 0.361 e. The standard InChI is InChI=1S/C35H25OS/c1-5-13-27(14-6-1)31-24-32(37-35(25-31)30-19-11-4-12-20-30)21-26-22-33(28-15-7-2-8-16-28)36-34(23-26)29-17-9-3-10-18-29/h1-25H/q+1/b32-21+. The Hall–Kier alpha value is -4.40. The van der Waals surface area contributed by atoms with Gasteiger partial charge in [-0.3, -0.25) is 0 Å². The van der Waals surface area contributed by atoms with Crippen LogP contribution in [0.1, 0.15) is 16.7 Å². The van der Waals surface area contributed by atoms with E-state index in [1.807, 2.05) is 36.4 Å². The molecule has 0 atom stereocenters. The van der Waals surface area contributed by atoms with Crippen LogP contribution in [-0.4, -0.2) is 0 Å². The van der Waals surface area contributed by atoms with Gasteiger partial charge in [-0.1, -0.05) is 109 Å². The van der Waals surface area contributed by atoms with E-state index in [1.54, 1.807) is 11.8 Å². The Labute approximate surface area is 222 Å². The van der Waals surface area contributed by atoms with Gasteiger partial charge in [0.25, 0.3) is 0 Å². The van der Waals surface area contributed by atoms with Crippen LogP contribution < -0.4 is 0 Å². The van der Waals surface area contributed by atoms with E-state index in [4.69, 9.17) is 4.42 Å². The summed E-state index contributed by atoms with van der Waals surface area (Å²) in [6.45, 7) is 0. The molecule has 0 spiro atoms. The lowest BCUT2D eigenvalue weighted by molar-refractivity contribution is 0.581. The molecule has 0 fully saturated rings. The smallest absolute Gasteiger partial charge is 0.207 e. The average Bonchev–Trinajstić information content (AvgIpc) is 2.99. The molecule has 0 saturated carbocycles. The molecule has 37 heavy (non-hydrogen) atoms. The van der Waals surface area contributed by atoms with Crippen LogP contribution >= 0.6 is 11.8 Å². The van der Waals surface area contributed by atoms with E-state index in [0.29, 0.717) is 0 Å². The van der Waals surface area contributed by atoms with Gasteiger partial charge in [0.15, 0.2) is 0 Å². The fourth-order valence-corrected chi connectivity index (χ4v) is 5.47. The van der Waals surface area contributed by atoms with Crippen LogP contribution in [0.5, 0.6) is 0 Å². The van der Waals surface area contributed by atoms with Gasteiger partial charge in [-0.05, 0) is 64.8 Å². The van der Waals surface area contributed by atoms with Crippen molar-refractivity contribution in [2.45, 2.75) is 0 Å².